The van der Waals surface area contributed by atoms with Crippen LogP contribution in [0.2, 0.25) is 0 Å². The van der Waals surface area contributed by atoms with Crippen molar-refractivity contribution < 1.29 is 9.53 Å². The van der Waals surface area contributed by atoms with E-state index < -0.39 is 0 Å². The number of nitrogens with zero attached hydrogens (tertiary/aromatic N) is 4. The first-order valence-corrected chi connectivity index (χ1v) is 10.7. The van der Waals surface area contributed by atoms with Crippen molar-refractivity contribution >= 4 is 23.4 Å². The van der Waals surface area contributed by atoms with Gasteiger partial charge in [0.25, 0.3) is 0 Å². The fourth-order valence-electron chi connectivity index (χ4n) is 3.02. The molecule has 0 bridgehead atoms. The highest BCUT2D eigenvalue weighted by molar-refractivity contribution is 7.99. The summed E-state index contributed by atoms with van der Waals surface area (Å²) in [5.74, 6) is 1.78. The van der Waals surface area contributed by atoms with Crippen LogP contribution in [0.15, 0.2) is 29.4 Å². The van der Waals surface area contributed by atoms with Gasteiger partial charge in [0.2, 0.25) is 5.91 Å². The molecule has 28 heavy (non-hydrogen) atoms. The number of para-hydroxylation sites is 2. The van der Waals surface area contributed by atoms with E-state index in [-0.39, 0.29) is 17.7 Å². The zero-order chi connectivity index (χ0) is 20.5. The molecule has 154 valence electrons. The van der Waals surface area contributed by atoms with E-state index in [1.165, 1.54) is 11.8 Å². The molecule has 1 amide bonds. The van der Waals surface area contributed by atoms with Crippen LogP contribution in [0.4, 0.5) is 5.69 Å². The average Bonchev–Trinajstić information content (AvgIpc) is 3.08. The number of nitrogens with one attached hydrogen (secondary N) is 1. The highest BCUT2D eigenvalue weighted by Gasteiger charge is 2.22. The number of aromatic nitrogens is 3. The predicted molar refractivity (Wildman–Crippen MR) is 114 cm³/mol. The number of hydrogen-bond acceptors (Lipinski definition) is 6. The van der Waals surface area contributed by atoms with Crippen LogP contribution in [-0.4, -0.2) is 52.5 Å². The Labute approximate surface area is 171 Å². The van der Waals surface area contributed by atoms with Crippen LogP contribution >= 0.6 is 11.8 Å². The van der Waals surface area contributed by atoms with Gasteiger partial charge in [-0.3, -0.25) is 9.69 Å². The molecular weight excluding hydrogens is 374 g/mol. The summed E-state index contributed by atoms with van der Waals surface area (Å²) < 4.78 is 7.45. The SMILES string of the molecule is CCCCn1c(SCC(=O)Nc2ccccc2OC)nnc1[C@H](CC)N(C)C. The van der Waals surface area contributed by atoms with Gasteiger partial charge in [-0.25, -0.2) is 0 Å². The van der Waals surface area contributed by atoms with Gasteiger partial charge in [-0.15, -0.1) is 10.2 Å². The van der Waals surface area contributed by atoms with Gasteiger partial charge in [0.05, 0.1) is 24.6 Å². The summed E-state index contributed by atoms with van der Waals surface area (Å²) in [7, 11) is 5.70. The number of rotatable bonds is 11. The van der Waals surface area contributed by atoms with Gasteiger partial charge in [0, 0.05) is 6.54 Å². The highest BCUT2D eigenvalue weighted by Crippen LogP contribution is 2.27. The molecule has 0 radical (unpaired) electrons. The largest absolute Gasteiger partial charge is 0.495 e. The normalized spacial score (nSPS) is 12.2. The van der Waals surface area contributed by atoms with Crippen LogP contribution in [0.5, 0.6) is 5.75 Å². The summed E-state index contributed by atoms with van der Waals surface area (Å²) in [5, 5.41) is 12.5. The van der Waals surface area contributed by atoms with Crippen LogP contribution in [-0.2, 0) is 11.3 Å². The lowest BCUT2D eigenvalue weighted by atomic mass is 10.2. The molecular formula is C20H31N5O2S. The molecule has 0 aliphatic carbocycles. The number of carbonyl (C=O) groups is 1. The number of methoxy groups -OCH3 is 1. The number of unbranched alkanes of at least 4 members (excludes halogenated alkanes) is 1. The first-order chi connectivity index (χ1) is 13.5. The molecule has 1 aromatic heterocycles. The number of thioether (sulfide) groups is 1. The molecule has 0 fully saturated rings. The molecule has 2 aromatic rings. The first-order valence-electron chi connectivity index (χ1n) is 9.66. The van der Waals surface area contributed by atoms with E-state index in [1.807, 2.05) is 24.3 Å². The Morgan fingerprint density at radius 3 is 2.68 bits per heavy atom. The molecule has 0 saturated heterocycles. The Morgan fingerprint density at radius 1 is 1.29 bits per heavy atom. The average molecular weight is 406 g/mol. The van der Waals surface area contributed by atoms with Gasteiger partial charge in [-0.1, -0.05) is 44.2 Å². The smallest absolute Gasteiger partial charge is 0.234 e. The monoisotopic (exact) mass is 405 g/mol. The maximum absolute atomic E-state index is 12.4. The van der Waals surface area contributed by atoms with Gasteiger partial charge in [0.1, 0.15) is 5.75 Å². The van der Waals surface area contributed by atoms with E-state index in [1.54, 1.807) is 7.11 Å². The maximum Gasteiger partial charge on any atom is 0.234 e. The minimum atomic E-state index is -0.0965. The van der Waals surface area contributed by atoms with Crippen LogP contribution in [0.25, 0.3) is 0 Å². The summed E-state index contributed by atoms with van der Waals surface area (Å²) in [5.41, 5.74) is 0.669. The van der Waals surface area contributed by atoms with Crippen molar-refractivity contribution in [2.75, 3.05) is 32.3 Å². The van der Waals surface area contributed by atoms with Crippen molar-refractivity contribution in [3.63, 3.8) is 0 Å². The first kappa shape index (κ1) is 22.2. The summed E-state index contributed by atoms with van der Waals surface area (Å²) in [6.45, 7) is 5.18. The maximum atomic E-state index is 12.4. The molecule has 0 spiro atoms. The Kier molecular flexibility index (Phi) is 8.79. The molecule has 0 unspecified atom stereocenters. The number of ether oxygens (including phenoxy) is 1. The van der Waals surface area contributed by atoms with E-state index in [4.69, 9.17) is 4.74 Å². The topological polar surface area (TPSA) is 72.3 Å². The summed E-state index contributed by atoms with van der Waals surface area (Å²) in [6, 6.07) is 7.59. The molecule has 1 heterocycles. The summed E-state index contributed by atoms with van der Waals surface area (Å²) in [4.78, 5) is 14.6. The summed E-state index contributed by atoms with van der Waals surface area (Å²) in [6.07, 6.45) is 3.10. The van der Waals surface area contributed by atoms with Crippen molar-refractivity contribution in [3.05, 3.63) is 30.1 Å². The predicted octanol–water partition coefficient (Wildman–Crippen LogP) is 3.83. The summed E-state index contributed by atoms with van der Waals surface area (Å²) >= 11 is 1.42. The Balaban J connectivity index is 2.10. The minimum absolute atomic E-state index is 0.0965. The van der Waals surface area contributed by atoms with Crippen molar-refractivity contribution in [2.24, 2.45) is 0 Å². The zero-order valence-electron chi connectivity index (χ0n) is 17.4. The van der Waals surface area contributed by atoms with Crippen molar-refractivity contribution in [1.29, 1.82) is 0 Å². The number of benzene rings is 1. The van der Waals surface area contributed by atoms with Crippen molar-refractivity contribution in [1.82, 2.24) is 19.7 Å². The van der Waals surface area contributed by atoms with Crippen LogP contribution < -0.4 is 10.1 Å². The molecule has 7 nitrogen and oxygen atoms in total. The second-order valence-corrected chi connectivity index (χ2v) is 7.71. The van der Waals surface area contributed by atoms with Gasteiger partial charge >= 0.3 is 0 Å². The number of amides is 1. The van der Waals surface area contributed by atoms with Crippen LogP contribution in [0.3, 0.4) is 0 Å². The molecule has 1 N–H and O–H groups in total. The molecule has 1 aromatic carbocycles. The fourth-order valence-corrected chi connectivity index (χ4v) is 3.79. The molecule has 0 aliphatic rings. The Morgan fingerprint density at radius 2 is 2.04 bits per heavy atom. The third-order valence-corrected chi connectivity index (χ3v) is 5.47. The van der Waals surface area contributed by atoms with Crippen LogP contribution in [0.1, 0.15) is 45.0 Å². The second-order valence-electron chi connectivity index (χ2n) is 6.77. The van der Waals surface area contributed by atoms with E-state index in [9.17, 15) is 4.79 Å². The Bertz CT molecular complexity index is 763. The van der Waals surface area contributed by atoms with Crippen molar-refractivity contribution in [3.8, 4) is 5.75 Å². The van der Waals surface area contributed by atoms with Crippen molar-refractivity contribution in [2.45, 2.75) is 50.9 Å². The molecule has 0 saturated carbocycles. The van der Waals surface area contributed by atoms with E-state index >= 15 is 0 Å². The van der Waals surface area contributed by atoms with Gasteiger partial charge < -0.3 is 14.6 Å². The molecule has 1 atom stereocenters. The zero-order valence-corrected chi connectivity index (χ0v) is 18.3. The standard InChI is InChI=1S/C20H31N5O2S/c1-6-8-13-25-19(16(7-2)24(3)4)22-23-20(25)28-14-18(26)21-15-11-9-10-12-17(15)27-5/h9-12,16H,6-8,13-14H2,1-5H3,(H,21,26)/t16-/m0/s1. The Hall–Kier alpha value is -2.06. The lowest BCUT2D eigenvalue weighted by Gasteiger charge is -2.23. The van der Waals surface area contributed by atoms with E-state index in [0.29, 0.717) is 11.4 Å². The number of anilines is 1. The van der Waals surface area contributed by atoms with E-state index in [0.717, 1.165) is 36.8 Å². The molecule has 8 heteroatoms. The molecule has 2 rings (SSSR count). The second kappa shape index (κ2) is 11.1. The fraction of sp³-hybridized carbons (Fsp3) is 0.550. The quantitative estimate of drug-likeness (QED) is 0.573. The number of hydrogen-bond donors (Lipinski definition) is 1. The van der Waals surface area contributed by atoms with Crippen LogP contribution in [0, 0.1) is 0 Å². The van der Waals surface area contributed by atoms with E-state index in [2.05, 4.69) is 52.9 Å². The highest BCUT2D eigenvalue weighted by atomic mass is 32.2. The van der Waals surface area contributed by atoms with Gasteiger partial charge in [-0.2, -0.15) is 0 Å². The third-order valence-electron chi connectivity index (χ3n) is 4.50. The minimum Gasteiger partial charge on any atom is -0.495 e. The third kappa shape index (κ3) is 5.72. The van der Waals surface area contributed by atoms with Gasteiger partial charge in [0.15, 0.2) is 11.0 Å². The molecule has 0 aliphatic heterocycles. The van der Waals surface area contributed by atoms with Gasteiger partial charge in [-0.05, 0) is 39.1 Å². The number of carbonyl (C=O) groups excluding carboxylic acids is 1. The lowest BCUT2D eigenvalue weighted by Crippen LogP contribution is -2.23. The lowest BCUT2D eigenvalue weighted by molar-refractivity contribution is -0.113.